The lowest BCUT2D eigenvalue weighted by Crippen LogP contribution is -2.29. The molecule has 1 aromatic carbocycles. The molecule has 8 heteroatoms. The molecule has 0 radical (unpaired) electrons. The Bertz CT molecular complexity index is 436. The average Bonchev–Trinajstić information content (AvgIpc) is 2.34. The first-order valence-corrected chi connectivity index (χ1v) is 6.04. The van der Waals surface area contributed by atoms with Gasteiger partial charge in [-0.1, -0.05) is 0 Å². The molecule has 0 aliphatic carbocycles. The van der Waals surface area contributed by atoms with Crippen LogP contribution >= 0.6 is 0 Å². The quantitative estimate of drug-likeness (QED) is 0.834. The highest BCUT2D eigenvalue weighted by Gasteiger charge is 2.36. The molecule has 1 aromatic rings. The van der Waals surface area contributed by atoms with E-state index in [9.17, 15) is 26.3 Å². The molecular weight excluding hydrogens is 300 g/mol. The highest BCUT2D eigenvalue weighted by molar-refractivity contribution is 5.33. The Morgan fingerprint density at radius 2 is 1.48 bits per heavy atom. The van der Waals surface area contributed by atoms with Crippen LogP contribution in [0.5, 0.6) is 0 Å². The predicted molar refractivity (Wildman–Crippen MR) is 64.6 cm³/mol. The molecule has 0 amide bonds. The van der Waals surface area contributed by atoms with Gasteiger partial charge in [-0.3, -0.25) is 0 Å². The zero-order valence-corrected chi connectivity index (χ0v) is 11.4. The fourth-order valence-electron chi connectivity index (χ4n) is 1.72. The molecule has 1 N–H and O–H groups in total. The molecular formula is C13H15F6NO. The highest BCUT2D eigenvalue weighted by atomic mass is 19.4. The number of nitrogens with one attached hydrogen (secondary N) is 1. The van der Waals surface area contributed by atoms with Gasteiger partial charge in [0.2, 0.25) is 0 Å². The number of rotatable bonds is 5. The van der Waals surface area contributed by atoms with Crippen LogP contribution in [0.25, 0.3) is 0 Å². The predicted octanol–water partition coefficient (Wildman–Crippen LogP) is 3.85. The van der Waals surface area contributed by atoms with Gasteiger partial charge in [-0.15, -0.1) is 0 Å². The van der Waals surface area contributed by atoms with Gasteiger partial charge in [0.15, 0.2) is 0 Å². The number of methoxy groups -OCH3 is 1. The SMILES string of the molecule is COCC(C)NCc1cc(C(F)(F)F)cc(C(F)(F)F)c1. The molecule has 1 atom stereocenters. The van der Waals surface area contributed by atoms with Gasteiger partial charge < -0.3 is 10.1 Å². The van der Waals surface area contributed by atoms with E-state index >= 15 is 0 Å². The van der Waals surface area contributed by atoms with Crippen molar-refractivity contribution in [3.05, 3.63) is 34.9 Å². The second kappa shape index (κ2) is 6.65. The maximum absolute atomic E-state index is 12.6. The summed E-state index contributed by atoms with van der Waals surface area (Å²) in [5.74, 6) is 0. The molecule has 2 nitrogen and oxygen atoms in total. The van der Waals surface area contributed by atoms with Crippen LogP contribution in [0.4, 0.5) is 26.3 Å². The Labute approximate surface area is 118 Å². The second-order valence-corrected chi connectivity index (χ2v) is 4.65. The number of hydrogen-bond donors (Lipinski definition) is 1. The fraction of sp³-hybridized carbons (Fsp3) is 0.538. The Morgan fingerprint density at radius 3 is 1.86 bits per heavy atom. The van der Waals surface area contributed by atoms with E-state index in [1.807, 2.05) is 0 Å². The van der Waals surface area contributed by atoms with Crippen LogP contribution < -0.4 is 5.32 Å². The molecule has 120 valence electrons. The summed E-state index contributed by atoms with van der Waals surface area (Å²) in [4.78, 5) is 0. The standard InChI is InChI=1S/C13H15F6NO/c1-8(7-21-2)20-6-9-3-10(12(14,15)16)5-11(4-9)13(17,18)19/h3-5,8,20H,6-7H2,1-2H3. The Kier molecular flexibility index (Phi) is 5.63. The average molecular weight is 315 g/mol. The van der Waals surface area contributed by atoms with Crippen molar-refractivity contribution in [3.8, 4) is 0 Å². The Balaban J connectivity index is 3.03. The highest BCUT2D eigenvalue weighted by Crippen LogP contribution is 2.36. The van der Waals surface area contributed by atoms with Crippen molar-refractivity contribution < 1.29 is 31.1 Å². The lowest BCUT2D eigenvalue weighted by molar-refractivity contribution is -0.143. The number of benzene rings is 1. The van der Waals surface area contributed by atoms with E-state index in [2.05, 4.69) is 5.32 Å². The van der Waals surface area contributed by atoms with Gasteiger partial charge in [0.1, 0.15) is 0 Å². The molecule has 0 aliphatic heterocycles. The van der Waals surface area contributed by atoms with Gasteiger partial charge in [0.05, 0.1) is 17.7 Å². The summed E-state index contributed by atoms with van der Waals surface area (Å²) in [7, 11) is 1.45. The number of halogens is 6. The van der Waals surface area contributed by atoms with Crippen LogP contribution in [0.3, 0.4) is 0 Å². The van der Waals surface area contributed by atoms with Gasteiger partial charge in [0, 0.05) is 19.7 Å². The minimum Gasteiger partial charge on any atom is -0.383 e. The van der Waals surface area contributed by atoms with E-state index in [4.69, 9.17) is 4.74 Å². The van der Waals surface area contributed by atoms with Crippen LogP contribution in [0, 0.1) is 0 Å². The van der Waals surface area contributed by atoms with E-state index in [-0.39, 0.29) is 24.2 Å². The van der Waals surface area contributed by atoms with Gasteiger partial charge in [-0.2, -0.15) is 26.3 Å². The first-order chi connectivity index (χ1) is 9.54. The topological polar surface area (TPSA) is 21.3 Å². The van der Waals surface area contributed by atoms with Crippen LogP contribution in [-0.4, -0.2) is 19.8 Å². The summed E-state index contributed by atoms with van der Waals surface area (Å²) < 4.78 is 80.7. The Hall–Kier alpha value is -1.28. The summed E-state index contributed by atoms with van der Waals surface area (Å²) in [5.41, 5.74) is -2.71. The maximum Gasteiger partial charge on any atom is 0.416 e. The van der Waals surface area contributed by atoms with Crippen molar-refractivity contribution in [1.82, 2.24) is 5.32 Å². The van der Waals surface area contributed by atoms with Crippen LogP contribution in [0.2, 0.25) is 0 Å². The van der Waals surface area contributed by atoms with Crippen molar-refractivity contribution in [2.45, 2.75) is 31.9 Å². The molecule has 0 bridgehead atoms. The molecule has 0 saturated heterocycles. The molecule has 0 saturated carbocycles. The zero-order chi connectivity index (χ0) is 16.3. The number of hydrogen-bond acceptors (Lipinski definition) is 2. The van der Waals surface area contributed by atoms with Gasteiger partial charge in [0.25, 0.3) is 0 Å². The lowest BCUT2D eigenvalue weighted by atomic mass is 10.0. The molecule has 0 aliphatic rings. The third kappa shape index (κ3) is 5.55. The monoisotopic (exact) mass is 315 g/mol. The van der Waals surface area contributed by atoms with Gasteiger partial charge in [-0.05, 0) is 30.7 Å². The van der Waals surface area contributed by atoms with Gasteiger partial charge in [-0.25, -0.2) is 0 Å². The van der Waals surface area contributed by atoms with Crippen molar-refractivity contribution >= 4 is 0 Å². The third-order valence-electron chi connectivity index (χ3n) is 2.72. The fourth-order valence-corrected chi connectivity index (χ4v) is 1.72. The van der Waals surface area contributed by atoms with Crippen molar-refractivity contribution in [2.24, 2.45) is 0 Å². The van der Waals surface area contributed by atoms with Crippen molar-refractivity contribution in [3.63, 3.8) is 0 Å². The van der Waals surface area contributed by atoms with E-state index in [0.29, 0.717) is 18.7 Å². The smallest absolute Gasteiger partial charge is 0.383 e. The number of alkyl halides is 6. The summed E-state index contributed by atoms with van der Waals surface area (Å²) >= 11 is 0. The Morgan fingerprint density at radius 1 is 1.00 bits per heavy atom. The zero-order valence-electron chi connectivity index (χ0n) is 11.4. The first-order valence-electron chi connectivity index (χ1n) is 6.04. The molecule has 0 fully saturated rings. The van der Waals surface area contributed by atoms with Crippen LogP contribution in [0.15, 0.2) is 18.2 Å². The normalized spacial score (nSPS) is 14.3. The minimum atomic E-state index is -4.83. The summed E-state index contributed by atoms with van der Waals surface area (Å²) in [5, 5.41) is 2.80. The largest absolute Gasteiger partial charge is 0.416 e. The molecule has 21 heavy (non-hydrogen) atoms. The lowest BCUT2D eigenvalue weighted by Gasteiger charge is -2.16. The van der Waals surface area contributed by atoms with Crippen molar-refractivity contribution in [2.75, 3.05) is 13.7 Å². The summed E-state index contributed by atoms with van der Waals surface area (Å²) in [6, 6.07) is 1.34. The van der Waals surface area contributed by atoms with E-state index in [0.717, 1.165) is 0 Å². The first kappa shape index (κ1) is 17.8. The molecule has 0 spiro atoms. The molecule has 0 aromatic heterocycles. The summed E-state index contributed by atoms with van der Waals surface area (Å²) in [6.07, 6.45) is -9.65. The van der Waals surface area contributed by atoms with E-state index < -0.39 is 23.5 Å². The van der Waals surface area contributed by atoms with Crippen LogP contribution in [0.1, 0.15) is 23.6 Å². The van der Waals surface area contributed by atoms with Crippen molar-refractivity contribution in [1.29, 1.82) is 0 Å². The van der Waals surface area contributed by atoms with Gasteiger partial charge >= 0.3 is 12.4 Å². The number of ether oxygens (including phenoxy) is 1. The molecule has 0 heterocycles. The molecule has 1 rings (SSSR count). The molecule has 1 unspecified atom stereocenters. The maximum atomic E-state index is 12.6. The third-order valence-corrected chi connectivity index (χ3v) is 2.72. The van der Waals surface area contributed by atoms with E-state index in [1.54, 1.807) is 6.92 Å². The summed E-state index contributed by atoms with van der Waals surface area (Å²) in [6.45, 7) is 1.89. The van der Waals surface area contributed by atoms with Crippen LogP contribution in [-0.2, 0) is 23.6 Å². The van der Waals surface area contributed by atoms with E-state index in [1.165, 1.54) is 7.11 Å². The minimum absolute atomic E-state index is 0.0832. The second-order valence-electron chi connectivity index (χ2n) is 4.65.